The average Bonchev–Trinajstić information content (AvgIpc) is 0.774. The number of hydrogen-bond donors (Lipinski definition) is 9. The summed E-state index contributed by atoms with van der Waals surface area (Å²) in [6, 6.07) is 11.0. The van der Waals surface area contributed by atoms with Crippen molar-refractivity contribution in [2.24, 2.45) is 383 Å². The first-order chi connectivity index (χ1) is 66.5. The van der Waals surface area contributed by atoms with Gasteiger partial charge >= 0.3 is 0 Å². The minimum absolute atomic E-state index is 0. The lowest BCUT2D eigenvalue weighted by Crippen LogP contribution is -2.17. The summed E-state index contributed by atoms with van der Waals surface area (Å²) in [6.07, 6.45) is 12.7. The van der Waals surface area contributed by atoms with Crippen molar-refractivity contribution in [3.63, 3.8) is 0 Å². The van der Waals surface area contributed by atoms with Crippen molar-refractivity contribution in [1.82, 2.24) is 0 Å². The number of halogens is 6. The predicted molar refractivity (Wildman–Crippen MR) is 500 cm³/mol. The highest BCUT2D eigenvalue weighted by molar-refractivity contribution is 5.88. The summed E-state index contributed by atoms with van der Waals surface area (Å²) in [5.41, 5.74) is 69.8. The second kappa shape index (κ2) is 128. The third kappa shape index (κ3) is 94.4. The van der Waals surface area contributed by atoms with Gasteiger partial charge in [-0.1, -0.05) is 222 Å². The van der Waals surface area contributed by atoms with Crippen molar-refractivity contribution in [2.75, 3.05) is 0 Å². The number of fused-ring (bicyclic) bond motifs is 2. The molecule has 0 spiro atoms. The standard InChI is InChI=1S/C17H20F2.C16H22F2.C12H16F2.12CH4.2H2N22.H3N21.H3N11.N6.HN3/c1-4-6-12-8-9-13-10-14(7-5-2)16(18)17(19)15(13)11(12)3;1-3-5-11-7-8-12-10-13(6-4-2)15(17)16(18)14(12)9-11;1-3-5-9-7-8-10(6-4-2)12(14)11(9)13;;;;;;;;;;;;;2*1-3-5-7-9-11-13-15-17-19-21-22-20-18-16-14-12-10-8-6-4-2;1-3-5-7-9-11-13-15-17-19-21-20-18-16-14-12-10-8-6-4-2;1-3-5-7-9-11-10-8-6-4-2;1-3-5-6-4-2;1-3-2/h8-10H,4-7H2,1-3H3;10-11H,3-9H2,1-2H3;7-8H,3-6H2,1-2H3;12*1H4;2*1-2H;(H3,1,2,5,6,9,10,13,14,17,18,21);(H3,1,2,5,6,9,10);;1H/b;;;;;;;;;;;;;;;2*3-1?,4-2?,7-5+,8-6+,11-9+,12-10+,15-13+,16-14+,19-17+,20-18+,22-21+;;;;. The lowest BCUT2D eigenvalue weighted by molar-refractivity contribution is 0.400. The van der Waals surface area contributed by atoms with Crippen molar-refractivity contribution in [1.29, 1.82) is 38.7 Å². The fourth-order valence-electron chi connectivity index (χ4n) is 8.44. The van der Waals surface area contributed by atoms with E-state index in [-0.39, 0.29) is 89.1 Å². The van der Waals surface area contributed by atoms with Gasteiger partial charge in [-0.05, 0) is 418 Å². The molecule has 4 aromatic rings. The molecule has 1 aliphatic carbocycles. The first-order valence-electron chi connectivity index (χ1n) is 35.4. The van der Waals surface area contributed by atoms with Crippen molar-refractivity contribution in [2.45, 2.75) is 234 Å². The van der Waals surface area contributed by atoms with Gasteiger partial charge in [0.1, 0.15) is 0 Å². The molecule has 1 aliphatic rings. The number of rotatable bonds is 46. The topological polar surface area (TPSA) is 1190 Å². The molecule has 11 N–H and O–H groups in total. The summed E-state index contributed by atoms with van der Waals surface area (Å²) >= 11 is 0. The van der Waals surface area contributed by atoms with Crippen LogP contribution in [0.4, 0.5) is 26.3 Å². The zero-order chi connectivity index (χ0) is 101. The maximum atomic E-state index is 14.3. The Morgan fingerprint density at radius 1 is 0.284 bits per heavy atom. The van der Waals surface area contributed by atoms with Gasteiger partial charge in [-0.25, -0.2) is 26.3 Å². The Labute approximate surface area is 837 Å². The van der Waals surface area contributed by atoms with Crippen LogP contribution in [0.15, 0.2) is 402 Å². The van der Waals surface area contributed by atoms with E-state index in [1.807, 2.05) is 52.8 Å². The number of hydrogen-bond acceptors (Lipinski definition) is 9. The Morgan fingerprint density at radius 2 is 0.486 bits per heavy atom. The Morgan fingerprint density at radius 3 is 0.709 bits per heavy atom. The molecule has 85 nitrogen and oxygen atoms in total. The molecule has 0 bridgehead atoms. The Bertz CT molecular complexity index is 5050. The third-order valence-corrected chi connectivity index (χ3v) is 12.7. The molecular weight excluding hydrogens is 1990 g/mol. The van der Waals surface area contributed by atoms with Gasteiger partial charge in [0.2, 0.25) is 0 Å². The highest BCUT2D eigenvalue weighted by Gasteiger charge is 2.25. The van der Waals surface area contributed by atoms with Gasteiger partial charge in [0.05, 0.1) is 5.22 Å². The van der Waals surface area contributed by atoms with Gasteiger partial charge in [0, 0.05) is 67.8 Å². The van der Waals surface area contributed by atoms with Crippen LogP contribution >= 0.6 is 0 Å². The summed E-state index contributed by atoms with van der Waals surface area (Å²) in [4.78, 5) is 6.01. The molecule has 148 heavy (non-hydrogen) atoms. The van der Waals surface area contributed by atoms with E-state index in [2.05, 4.69) is 401 Å². The second-order valence-corrected chi connectivity index (χ2v) is 20.7. The number of benzene rings is 4. The van der Waals surface area contributed by atoms with E-state index < -0.39 is 34.9 Å². The van der Waals surface area contributed by atoms with Crippen LogP contribution in [0.3, 0.4) is 0 Å². The summed E-state index contributed by atoms with van der Waals surface area (Å²) < 4.78 is 83.1. The molecule has 0 fully saturated rings. The summed E-state index contributed by atoms with van der Waals surface area (Å²) in [5, 5.41) is 202. The predicted octanol–water partition coefficient (Wildman–Crippen LogP) is 37.1. The molecule has 0 aliphatic heterocycles. The molecule has 1 unspecified atom stereocenters. The van der Waals surface area contributed by atoms with Crippen LogP contribution in [0, 0.1) is 86.5 Å². The minimum atomic E-state index is -0.684. The molecule has 5 rings (SSSR count). The normalized spacial score (nSPS) is 12.1. The van der Waals surface area contributed by atoms with E-state index >= 15 is 0 Å². The van der Waals surface area contributed by atoms with Crippen molar-refractivity contribution < 1.29 is 26.3 Å². The average molecular weight is 2110 g/mol. The van der Waals surface area contributed by atoms with Crippen LogP contribution in [-0.2, 0) is 44.9 Å². The van der Waals surface area contributed by atoms with Gasteiger partial charge < -0.3 is 11.7 Å². The van der Waals surface area contributed by atoms with Crippen molar-refractivity contribution in [3.8, 4) is 0 Å². The number of aryl methyl sites for hydroxylation is 7. The molecule has 0 radical (unpaired) electrons. The highest BCUT2D eigenvalue weighted by atomic mass is 19.2. The largest absolute Gasteiger partial charge is 0.303 e. The van der Waals surface area contributed by atoms with Crippen LogP contribution < -0.4 is 11.7 Å². The molecule has 91 heteroatoms. The maximum absolute atomic E-state index is 14.3. The zero-order valence-corrected chi connectivity index (χ0v) is 70.6. The lowest BCUT2D eigenvalue weighted by atomic mass is 9.80. The number of azide groups is 2. The zero-order valence-electron chi connectivity index (χ0n) is 70.6. The second-order valence-electron chi connectivity index (χ2n) is 20.7. The van der Waals surface area contributed by atoms with Crippen molar-refractivity contribution >= 4 is 10.8 Å². The van der Waals surface area contributed by atoms with Gasteiger partial charge in [0.15, 0.2) is 34.9 Å². The van der Waals surface area contributed by atoms with Crippen LogP contribution in [0.1, 0.15) is 227 Å². The molecule has 0 saturated carbocycles. The highest BCUT2D eigenvalue weighted by Crippen LogP contribution is 2.34. The first-order valence-corrected chi connectivity index (χ1v) is 35.4. The van der Waals surface area contributed by atoms with Crippen LogP contribution in [0.25, 0.3) is 42.1 Å². The van der Waals surface area contributed by atoms with Gasteiger partial charge in [0.25, 0.3) is 5.22 Å². The Hall–Kier alpha value is -20.5. The van der Waals surface area contributed by atoms with Crippen LogP contribution in [0.2, 0.25) is 0 Å². The molecule has 1 atom stereocenters. The SMILES string of the molecule is C.C.C.C.C.C.C.C.C.C.C.C.CCCc1cc2c(c(F)c1F)CC(CCC)CC2.CCCc1cc2ccc(CCC)c(C)c2c(F)c1F.CCCc1ccc(CCC)c(F)c1F.N=N/N=N/N=N/N=N/N=N/N.N=N/N=N/N=N/N=N/N=N/N=N/N=N/N=N/N=N/N=N/N.N=N/N=N/N=N/N=N/N=N/N=N/N=N/N=N/N=N/N=N/N=N.N=N/N=N/N=N/N=N/N=N/N=N/N=N/N=N/N=N/N=N/N=N.[N-]=[N+]=N.[N-]=[N+]=NN=[N+]=[N-]. The summed E-state index contributed by atoms with van der Waals surface area (Å²) in [6.45, 7) is 14.0. The molecule has 0 amide bonds. The number of nitrogens with one attached hydrogen (secondary N) is 7. The quantitative estimate of drug-likeness (QED) is 0.00520. The van der Waals surface area contributed by atoms with Crippen LogP contribution in [-0.4, -0.2) is 0 Å². The lowest BCUT2D eigenvalue weighted by Gasteiger charge is -2.25. The van der Waals surface area contributed by atoms with E-state index in [9.17, 15) is 26.3 Å². The van der Waals surface area contributed by atoms with Crippen molar-refractivity contribution in [3.05, 3.63) is 147 Å². The Kier molecular flexibility index (Phi) is 142. The van der Waals surface area contributed by atoms with E-state index in [4.69, 9.17) is 55.3 Å². The maximum Gasteiger partial charge on any atom is 0.280 e. The molecule has 4 aromatic carbocycles. The smallest absolute Gasteiger partial charge is 0.280 e. The minimum Gasteiger partial charge on any atom is -0.303 e. The molecule has 0 aromatic heterocycles. The van der Waals surface area contributed by atoms with E-state index in [0.717, 1.165) is 92.7 Å². The molecule has 812 valence electrons. The molecular formula is C57H117F6N85. The summed E-state index contributed by atoms with van der Waals surface area (Å²) in [5.74, 6) is 5.83. The fourth-order valence-corrected chi connectivity index (χ4v) is 8.44. The van der Waals surface area contributed by atoms with Crippen LogP contribution in [0.5, 0.6) is 0 Å². The van der Waals surface area contributed by atoms with Gasteiger partial charge in [-0.15, -0.1) is 11.1 Å². The number of nitrogens with zero attached hydrogens (tertiary/aromatic N) is 76. The number of nitrogens with two attached hydrogens (primary N) is 2. The van der Waals surface area contributed by atoms with E-state index in [1.54, 1.807) is 23.1 Å². The fraction of sp³-hybridized carbons (Fsp3) is 0.614. The molecule has 0 saturated heterocycles. The van der Waals surface area contributed by atoms with E-state index in [0.29, 0.717) is 64.8 Å². The Balaban J connectivity index is -0.0000000960. The van der Waals surface area contributed by atoms with Gasteiger partial charge in [-0.2, -0.15) is 38.1 Å². The van der Waals surface area contributed by atoms with E-state index in [1.165, 1.54) is 0 Å². The monoisotopic (exact) mass is 2110 g/mol. The third-order valence-electron chi connectivity index (χ3n) is 12.7. The summed E-state index contributed by atoms with van der Waals surface area (Å²) in [7, 11) is 0. The van der Waals surface area contributed by atoms with Gasteiger partial charge in [-0.3, -0.25) is 0 Å². The first kappa shape index (κ1) is 164. The molecule has 0 heterocycles.